The number of amides is 1. The van der Waals surface area contributed by atoms with Gasteiger partial charge in [-0.3, -0.25) is 0 Å². The maximum absolute atomic E-state index is 11.0. The highest BCUT2D eigenvalue weighted by Gasteiger charge is 2.40. The highest BCUT2D eigenvalue weighted by Crippen LogP contribution is 2.47. The zero-order valence-corrected chi connectivity index (χ0v) is 7.93. The van der Waals surface area contributed by atoms with E-state index in [2.05, 4.69) is 22.9 Å². The van der Waals surface area contributed by atoms with Crippen molar-refractivity contribution in [3.63, 3.8) is 0 Å². The van der Waals surface area contributed by atoms with Gasteiger partial charge in [0.15, 0.2) is 6.61 Å². The Morgan fingerprint density at radius 1 is 1.69 bits per heavy atom. The molecule has 0 heterocycles. The maximum Gasteiger partial charge on any atom is 0.408 e. The Kier molecular flexibility index (Phi) is 3.18. The van der Waals surface area contributed by atoms with Crippen LogP contribution in [0.1, 0.15) is 26.2 Å². The van der Waals surface area contributed by atoms with E-state index in [-0.39, 0.29) is 6.61 Å². The van der Waals surface area contributed by atoms with Crippen molar-refractivity contribution in [2.24, 2.45) is 5.41 Å². The number of carbonyl (C=O) groups excluding carboxylic acids is 1. The van der Waals surface area contributed by atoms with E-state index >= 15 is 0 Å². The lowest BCUT2D eigenvalue weighted by Crippen LogP contribution is -2.30. The molecule has 3 heteroatoms. The predicted molar refractivity (Wildman–Crippen MR) is 50.1 cm³/mol. The van der Waals surface area contributed by atoms with E-state index in [9.17, 15) is 4.79 Å². The van der Waals surface area contributed by atoms with Crippen LogP contribution >= 0.6 is 0 Å². The first-order valence-corrected chi connectivity index (χ1v) is 4.56. The van der Waals surface area contributed by atoms with E-state index in [0.717, 1.165) is 6.42 Å². The van der Waals surface area contributed by atoms with Crippen LogP contribution in [0.25, 0.3) is 0 Å². The van der Waals surface area contributed by atoms with E-state index in [0.29, 0.717) is 12.0 Å². The van der Waals surface area contributed by atoms with Crippen LogP contribution in [0.15, 0.2) is 0 Å². The summed E-state index contributed by atoms with van der Waals surface area (Å²) in [7, 11) is 0. The fraction of sp³-hybridized carbons (Fsp3) is 0.700. The Balaban J connectivity index is 2.12. The van der Waals surface area contributed by atoms with Crippen LogP contribution in [0.4, 0.5) is 4.79 Å². The van der Waals surface area contributed by atoms with E-state index < -0.39 is 6.09 Å². The zero-order valence-electron chi connectivity index (χ0n) is 7.93. The molecule has 0 spiro atoms. The topological polar surface area (TPSA) is 38.3 Å². The lowest BCUT2D eigenvalue weighted by atomic mass is 10.0. The van der Waals surface area contributed by atoms with Crippen LogP contribution in [-0.2, 0) is 4.74 Å². The molecule has 1 rings (SSSR count). The molecule has 0 aromatic rings. The molecule has 13 heavy (non-hydrogen) atoms. The van der Waals surface area contributed by atoms with Crippen LogP contribution in [0, 0.1) is 17.8 Å². The monoisotopic (exact) mass is 181 g/mol. The van der Waals surface area contributed by atoms with Gasteiger partial charge >= 0.3 is 6.09 Å². The predicted octanol–water partition coefficient (Wildman–Crippen LogP) is 1.54. The van der Waals surface area contributed by atoms with Gasteiger partial charge in [0.05, 0.1) is 0 Å². The third-order valence-electron chi connectivity index (χ3n) is 2.60. The first kappa shape index (κ1) is 9.91. The van der Waals surface area contributed by atoms with Crippen molar-refractivity contribution in [1.29, 1.82) is 0 Å². The summed E-state index contributed by atoms with van der Waals surface area (Å²) in [6.45, 7) is 2.90. The van der Waals surface area contributed by atoms with Crippen molar-refractivity contribution >= 4 is 6.09 Å². The summed E-state index contributed by atoms with van der Waals surface area (Å²) in [5.74, 6) is 2.24. The Morgan fingerprint density at radius 2 is 2.38 bits per heavy atom. The molecular weight excluding hydrogens is 166 g/mol. The van der Waals surface area contributed by atoms with E-state index in [4.69, 9.17) is 6.42 Å². The minimum atomic E-state index is -0.405. The average Bonchev–Trinajstić information content (AvgIpc) is 2.92. The van der Waals surface area contributed by atoms with Gasteiger partial charge in [0.1, 0.15) is 0 Å². The van der Waals surface area contributed by atoms with Crippen molar-refractivity contribution in [2.75, 3.05) is 13.2 Å². The molecule has 0 radical (unpaired) electrons. The molecule has 0 saturated heterocycles. The Hall–Kier alpha value is -1.17. The molecule has 0 aromatic heterocycles. The van der Waals surface area contributed by atoms with Crippen LogP contribution in [0.5, 0.6) is 0 Å². The molecule has 1 N–H and O–H groups in total. The molecule has 0 unspecified atom stereocenters. The Labute approximate surface area is 78.8 Å². The summed E-state index contributed by atoms with van der Waals surface area (Å²) in [5.41, 5.74) is 0.356. The second-order valence-electron chi connectivity index (χ2n) is 3.49. The fourth-order valence-corrected chi connectivity index (χ4v) is 1.25. The third kappa shape index (κ3) is 2.98. The van der Waals surface area contributed by atoms with Crippen LogP contribution in [0.2, 0.25) is 0 Å². The van der Waals surface area contributed by atoms with Crippen LogP contribution < -0.4 is 5.32 Å². The summed E-state index contributed by atoms with van der Waals surface area (Å²) < 4.78 is 4.67. The number of terminal acetylenes is 1. The van der Waals surface area contributed by atoms with Gasteiger partial charge in [0.25, 0.3) is 0 Å². The quantitative estimate of drug-likeness (QED) is 0.668. The molecular formula is C10H15NO2. The van der Waals surface area contributed by atoms with Gasteiger partial charge in [-0.05, 0) is 24.7 Å². The maximum atomic E-state index is 11.0. The van der Waals surface area contributed by atoms with Gasteiger partial charge in [-0.15, -0.1) is 6.42 Å². The van der Waals surface area contributed by atoms with Gasteiger partial charge in [-0.1, -0.05) is 12.8 Å². The van der Waals surface area contributed by atoms with Gasteiger partial charge in [0, 0.05) is 6.54 Å². The first-order valence-electron chi connectivity index (χ1n) is 4.56. The van der Waals surface area contributed by atoms with Crippen molar-refractivity contribution in [2.45, 2.75) is 26.2 Å². The molecule has 1 amide bonds. The molecule has 1 aliphatic carbocycles. The third-order valence-corrected chi connectivity index (χ3v) is 2.60. The summed E-state index contributed by atoms with van der Waals surface area (Å²) in [4.78, 5) is 11.0. The molecule has 72 valence electrons. The second kappa shape index (κ2) is 4.18. The van der Waals surface area contributed by atoms with E-state index in [1.165, 1.54) is 12.8 Å². The van der Waals surface area contributed by atoms with Crippen LogP contribution in [-0.4, -0.2) is 19.2 Å². The summed E-state index contributed by atoms with van der Waals surface area (Å²) >= 11 is 0. The van der Waals surface area contributed by atoms with Crippen molar-refractivity contribution in [3.8, 4) is 12.3 Å². The van der Waals surface area contributed by atoms with Crippen molar-refractivity contribution in [3.05, 3.63) is 0 Å². The fourth-order valence-electron chi connectivity index (χ4n) is 1.25. The molecule has 0 aliphatic heterocycles. The highest BCUT2D eigenvalue weighted by molar-refractivity contribution is 5.67. The number of nitrogens with one attached hydrogen (secondary N) is 1. The molecule has 1 aliphatic rings. The standard InChI is InChI=1S/C10H15NO2/c1-3-7-13-9(12)11-8-10(4-2)5-6-10/h1H,4-8H2,2H3,(H,11,12). The minimum Gasteiger partial charge on any atom is -0.436 e. The number of rotatable bonds is 4. The highest BCUT2D eigenvalue weighted by atomic mass is 16.5. The summed E-state index contributed by atoms with van der Waals surface area (Å²) in [5, 5.41) is 2.71. The molecule has 1 saturated carbocycles. The Bertz CT molecular complexity index is 226. The Morgan fingerprint density at radius 3 is 2.85 bits per heavy atom. The van der Waals surface area contributed by atoms with Gasteiger partial charge in [-0.25, -0.2) is 4.79 Å². The van der Waals surface area contributed by atoms with E-state index in [1.807, 2.05) is 0 Å². The van der Waals surface area contributed by atoms with Gasteiger partial charge < -0.3 is 10.1 Å². The van der Waals surface area contributed by atoms with Gasteiger partial charge in [-0.2, -0.15) is 0 Å². The molecule has 3 nitrogen and oxygen atoms in total. The largest absolute Gasteiger partial charge is 0.436 e. The molecule has 0 aromatic carbocycles. The SMILES string of the molecule is C#CCOC(=O)NCC1(CC)CC1. The van der Waals surface area contributed by atoms with Crippen LogP contribution in [0.3, 0.4) is 0 Å². The normalized spacial score (nSPS) is 17.2. The van der Waals surface area contributed by atoms with E-state index in [1.54, 1.807) is 0 Å². The second-order valence-corrected chi connectivity index (χ2v) is 3.49. The molecule has 0 bridgehead atoms. The number of hydrogen-bond acceptors (Lipinski definition) is 2. The number of hydrogen-bond donors (Lipinski definition) is 1. The molecule has 1 fully saturated rings. The first-order chi connectivity index (χ1) is 6.22. The van der Waals surface area contributed by atoms with Crippen molar-refractivity contribution < 1.29 is 9.53 Å². The summed E-state index contributed by atoms with van der Waals surface area (Å²) in [6.07, 6.45) is 8.07. The van der Waals surface area contributed by atoms with Crippen molar-refractivity contribution in [1.82, 2.24) is 5.32 Å². The smallest absolute Gasteiger partial charge is 0.408 e. The zero-order chi connectivity index (χ0) is 9.73. The average molecular weight is 181 g/mol. The number of carbonyl (C=O) groups is 1. The van der Waals surface area contributed by atoms with Gasteiger partial charge in [0.2, 0.25) is 0 Å². The number of ether oxygens (including phenoxy) is 1. The lowest BCUT2D eigenvalue weighted by Gasteiger charge is -2.12. The molecule has 0 atom stereocenters. The summed E-state index contributed by atoms with van der Waals surface area (Å²) in [6, 6.07) is 0. The minimum absolute atomic E-state index is 0.0466. The lowest BCUT2D eigenvalue weighted by molar-refractivity contribution is 0.157. The number of alkyl carbamates (subject to hydrolysis) is 1.